The van der Waals surface area contributed by atoms with Gasteiger partial charge in [0.25, 0.3) is 0 Å². The van der Waals surface area contributed by atoms with E-state index in [0.29, 0.717) is 11.8 Å². The van der Waals surface area contributed by atoms with Crippen molar-refractivity contribution in [3.05, 3.63) is 18.5 Å². The van der Waals surface area contributed by atoms with Crippen molar-refractivity contribution in [3.8, 4) is 5.75 Å². The van der Waals surface area contributed by atoms with Crippen LogP contribution in [-0.4, -0.2) is 11.1 Å². The molecule has 0 unspecified atom stereocenters. The van der Waals surface area contributed by atoms with Crippen LogP contribution in [0, 0.1) is 0 Å². The first-order chi connectivity index (χ1) is 7.36. The molecule has 0 radical (unpaired) electrons. The molecular formula is C12H22N2O. The van der Waals surface area contributed by atoms with Crippen molar-refractivity contribution in [2.24, 2.45) is 0 Å². The number of hydrogen-bond acceptors (Lipinski definition) is 3. The van der Waals surface area contributed by atoms with Gasteiger partial charge in [0.1, 0.15) is 5.75 Å². The van der Waals surface area contributed by atoms with Crippen LogP contribution in [-0.2, 0) is 0 Å². The summed E-state index contributed by atoms with van der Waals surface area (Å²) in [5.74, 6) is 0.766. The van der Waals surface area contributed by atoms with Crippen molar-refractivity contribution in [1.29, 1.82) is 0 Å². The molecule has 1 aliphatic carbocycles. The molecule has 1 aliphatic rings. The van der Waals surface area contributed by atoms with Crippen LogP contribution < -0.4 is 10.5 Å². The van der Waals surface area contributed by atoms with E-state index in [9.17, 15) is 0 Å². The van der Waals surface area contributed by atoms with Gasteiger partial charge in [-0.15, -0.1) is 0 Å². The minimum absolute atomic E-state index is 0.402. The summed E-state index contributed by atoms with van der Waals surface area (Å²) >= 11 is 0. The maximum absolute atomic E-state index is 5.61. The summed E-state index contributed by atoms with van der Waals surface area (Å²) in [4.78, 5) is 3.87. The summed E-state index contributed by atoms with van der Waals surface area (Å²) in [5.41, 5.74) is 6.23. The summed E-state index contributed by atoms with van der Waals surface area (Å²) in [6.07, 6.45) is 6.01. The number of anilines is 1. The number of rotatable bonds is 2. The number of nitrogens with zero attached hydrogens (tertiary/aromatic N) is 1. The van der Waals surface area contributed by atoms with E-state index in [4.69, 9.17) is 10.5 Å². The van der Waals surface area contributed by atoms with Crippen molar-refractivity contribution in [1.82, 2.24) is 4.98 Å². The van der Waals surface area contributed by atoms with E-state index >= 15 is 0 Å². The summed E-state index contributed by atoms with van der Waals surface area (Å²) in [6, 6.07) is 1.80. The van der Waals surface area contributed by atoms with E-state index in [1.165, 1.54) is 0 Å². The van der Waals surface area contributed by atoms with Crippen LogP contribution in [0.4, 0.5) is 5.69 Å². The lowest BCUT2D eigenvalue weighted by atomic mass is 10.4. The molecule has 0 aromatic carbocycles. The first-order valence-electron chi connectivity index (χ1n) is 5.72. The van der Waals surface area contributed by atoms with Gasteiger partial charge in [-0.1, -0.05) is 27.7 Å². The number of ether oxygens (including phenoxy) is 1. The molecular weight excluding hydrogens is 188 g/mol. The summed E-state index contributed by atoms with van der Waals surface area (Å²) in [7, 11) is 0. The zero-order valence-corrected chi connectivity index (χ0v) is 10.2. The standard InChI is InChI=1S/C8H10N2O.2C2H6/c9-7-5-10-4-3-8(7)11-6-1-2-6;2*1-2/h3-6H,1-2,9H2;2*1-2H3. The van der Waals surface area contributed by atoms with Crippen LogP contribution in [0.3, 0.4) is 0 Å². The summed E-state index contributed by atoms with van der Waals surface area (Å²) in [6.45, 7) is 8.00. The van der Waals surface area contributed by atoms with Crippen LogP contribution >= 0.6 is 0 Å². The fourth-order valence-corrected chi connectivity index (χ4v) is 0.867. The minimum Gasteiger partial charge on any atom is -0.488 e. The highest BCUT2D eigenvalue weighted by Gasteiger charge is 2.23. The van der Waals surface area contributed by atoms with Crippen molar-refractivity contribution in [2.45, 2.75) is 46.6 Å². The molecule has 0 atom stereocenters. The second kappa shape index (κ2) is 8.09. The lowest BCUT2D eigenvalue weighted by Gasteiger charge is -2.05. The molecule has 86 valence electrons. The molecule has 3 heteroatoms. The van der Waals surface area contributed by atoms with Crippen molar-refractivity contribution in [2.75, 3.05) is 5.73 Å². The van der Waals surface area contributed by atoms with Gasteiger partial charge in [0.2, 0.25) is 0 Å². The molecule has 1 aromatic heterocycles. The van der Waals surface area contributed by atoms with Gasteiger partial charge in [0.05, 0.1) is 18.0 Å². The molecule has 2 N–H and O–H groups in total. The van der Waals surface area contributed by atoms with Crippen molar-refractivity contribution in [3.63, 3.8) is 0 Å². The Morgan fingerprint density at radius 3 is 2.33 bits per heavy atom. The van der Waals surface area contributed by atoms with Gasteiger partial charge in [-0.2, -0.15) is 0 Å². The Hall–Kier alpha value is -1.25. The predicted octanol–water partition coefficient (Wildman–Crippen LogP) is 3.26. The third kappa shape index (κ3) is 5.25. The monoisotopic (exact) mass is 210 g/mol. The van der Waals surface area contributed by atoms with E-state index in [-0.39, 0.29) is 0 Å². The molecule has 1 saturated carbocycles. The van der Waals surface area contributed by atoms with Gasteiger partial charge in [-0.3, -0.25) is 4.98 Å². The van der Waals surface area contributed by atoms with Gasteiger partial charge in [0, 0.05) is 12.3 Å². The molecule has 1 aromatic rings. The Bertz CT molecular complexity index is 260. The fourth-order valence-electron chi connectivity index (χ4n) is 0.867. The van der Waals surface area contributed by atoms with Crippen LogP contribution in [0.15, 0.2) is 18.5 Å². The zero-order valence-electron chi connectivity index (χ0n) is 10.2. The smallest absolute Gasteiger partial charge is 0.145 e. The van der Waals surface area contributed by atoms with E-state index < -0.39 is 0 Å². The molecule has 15 heavy (non-hydrogen) atoms. The average molecular weight is 210 g/mol. The first-order valence-corrected chi connectivity index (χ1v) is 5.72. The van der Waals surface area contributed by atoms with Crippen LogP contribution in [0.5, 0.6) is 5.75 Å². The SMILES string of the molecule is CC.CC.Nc1cnccc1OC1CC1. The normalized spacial score (nSPS) is 12.8. The first kappa shape index (κ1) is 13.8. The third-order valence-corrected chi connectivity index (χ3v) is 1.63. The molecule has 3 nitrogen and oxygen atoms in total. The molecule has 1 heterocycles. The highest BCUT2D eigenvalue weighted by atomic mass is 16.5. The highest BCUT2D eigenvalue weighted by Crippen LogP contribution is 2.29. The van der Waals surface area contributed by atoms with E-state index in [2.05, 4.69) is 4.98 Å². The average Bonchev–Trinajstić information content (AvgIpc) is 3.11. The maximum atomic E-state index is 5.61. The highest BCUT2D eigenvalue weighted by molar-refractivity contribution is 5.49. The molecule has 0 bridgehead atoms. The van der Waals surface area contributed by atoms with E-state index in [1.54, 1.807) is 18.5 Å². The molecule has 0 saturated heterocycles. The summed E-state index contributed by atoms with van der Waals surface area (Å²) in [5, 5.41) is 0. The Labute approximate surface area is 92.7 Å². The van der Waals surface area contributed by atoms with Crippen LogP contribution in [0.25, 0.3) is 0 Å². The second-order valence-electron chi connectivity index (χ2n) is 2.73. The Balaban J connectivity index is 0.000000442. The molecule has 0 spiro atoms. The molecule has 0 aliphatic heterocycles. The van der Waals surface area contributed by atoms with Gasteiger partial charge in [0.15, 0.2) is 0 Å². The largest absolute Gasteiger partial charge is 0.488 e. The lowest BCUT2D eigenvalue weighted by molar-refractivity contribution is 0.304. The quantitative estimate of drug-likeness (QED) is 0.815. The Morgan fingerprint density at radius 2 is 1.87 bits per heavy atom. The summed E-state index contributed by atoms with van der Waals surface area (Å²) < 4.78 is 5.49. The Kier molecular flexibility index (Phi) is 7.42. The lowest BCUT2D eigenvalue weighted by Crippen LogP contribution is -1.99. The number of nitrogens with two attached hydrogens (primary N) is 1. The van der Waals surface area contributed by atoms with E-state index in [1.807, 2.05) is 27.7 Å². The number of pyridine rings is 1. The molecule has 0 amide bonds. The third-order valence-electron chi connectivity index (χ3n) is 1.63. The molecule has 2 rings (SSSR count). The number of hydrogen-bond donors (Lipinski definition) is 1. The van der Waals surface area contributed by atoms with Crippen molar-refractivity contribution >= 4 is 5.69 Å². The van der Waals surface area contributed by atoms with E-state index in [0.717, 1.165) is 18.6 Å². The zero-order chi connectivity index (χ0) is 11.7. The Morgan fingerprint density at radius 1 is 1.27 bits per heavy atom. The number of nitrogen functional groups attached to an aromatic ring is 1. The topological polar surface area (TPSA) is 48.1 Å². The van der Waals surface area contributed by atoms with Gasteiger partial charge in [-0.25, -0.2) is 0 Å². The van der Waals surface area contributed by atoms with Gasteiger partial charge < -0.3 is 10.5 Å². The van der Waals surface area contributed by atoms with Crippen LogP contribution in [0.1, 0.15) is 40.5 Å². The van der Waals surface area contributed by atoms with Gasteiger partial charge >= 0.3 is 0 Å². The fraction of sp³-hybridized carbons (Fsp3) is 0.583. The molecule has 1 fully saturated rings. The minimum atomic E-state index is 0.402. The second-order valence-corrected chi connectivity index (χ2v) is 2.73. The van der Waals surface area contributed by atoms with Gasteiger partial charge in [-0.05, 0) is 12.8 Å². The van der Waals surface area contributed by atoms with Crippen LogP contribution in [0.2, 0.25) is 0 Å². The number of aromatic nitrogens is 1. The predicted molar refractivity (Wildman–Crippen MR) is 65.0 cm³/mol. The maximum Gasteiger partial charge on any atom is 0.145 e. The van der Waals surface area contributed by atoms with Crippen molar-refractivity contribution < 1.29 is 4.74 Å².